The zero-order chi connectivity index (χ0) is 10.8. The van der Waals surface area contributed by atoms with E-state index in [9.17, 15) is 0 Å². The molecule has 1 saturated heterocycles. The number of nitrogens with zero attached hydrogens (tertiary/aromatic N) is 1. The van der Waals surface area contributed by atoms with E-state index in [1.54, 1.807) is 0 Å². The molecule has 0 aromatic heterocycles. The van der Waals surface area contributed by atoms with E-state index in [2.05, 4.69) is 11.9 Å². The van der Waals surface area contributed by atoms with Crippen LogP contribution < -0.4 is 5.73 Å². The van der Waals surface area contributed by atoms with Gasteiger partial charge in [0.15, 0.2) is 0 Å². The van der Waals surface area contributed by atoms with E-state index >= 15 is 0 Å². The third-order valence-corrected chi connectivity index (χ3v) is 3.47. The van der Waals surface area contributed by atoms with Crippen LogP contribution in [0.5, 0.6) is 0 Å². The van der Waals surface area contributed by atoms with Gasteiger partial charge in [0.1, 0.15) is 0 Å². The molecule has 1 aromatic rings. The fourth-order valence-electron chi connectivity index (χ4n) is 2.24. The Kier molecular flexibility index (Phi) is 3.17. The van der Waals surface area contributed by atoms with Crippen molar-refractivity contribution in [1.82, 2.24) is 4.90 Å². The van der Waals surface area contributed by atoms with Crippen LogP contribution in [0.3, 0.4) is 0 Å². The normalized spacial score (nSPS) is 22.1. The highest BCUT2D eigenvalue weighted by molar-refractivity contribution is 6.30. The molecular weight excluding hydrogens is 208 g/mol. The van der Waals surface area contributed by atoms with Gasteiger partial charge in [0.05, 0.1) is 0 Å². The Balaban J connectivity index is 2.10. The average Bonchev–Trinajstić information content (AvgIpc) is 2.57. The highest BCUT2D eigenvalue weighted by Gasteiger charge is 2.21. The van der Waals surface area contributed by atoms with E-state index in [1.165, 1.54) is 24.9 Å². The lowest BCUT2D eigenvalue weighted by Crippen LogP contribution is -2.27. The summed E-state index contributed by atoms with van der Waals surface area (Å²) in [6, 6.07) is 6.45. The summed E-state index contributed by atoms with van der Waals surface area (Å²) in [7, 11) is 2.18. The topological polar surface area (TPSA) is 29.3 Å². The number of benzene rings is 1. The Morgan fingerprint density at radius 3 is 2.93 bits per heavy atom. The van der Waals surface area contributed by atoms with Gasteiger partial charge in [-0.05, 0) is 50.6 Å². The zero-order valence-electron chi connectivity index (χ0n) is 9.04. The molecule has 1 aliphatic rings. The van der Waals surface area contributed by atoms with Gasteiger partial charge in [-0.1, -0.05) is 17.7 Å². The molecule has 1 atom stereocenters. The Morgan fingerprint density at radius 2 is 2.33 bits per heavy atom. The maximum absolute atomic E-state index is 5.94. The minimum Gasteiger partial charge on any atom is -0.398 e. The van der Waals surface area contributed by atoms with Crippen LogP contribution in [-0.2, 0) is 6.42 Å². The number of nitrogens with two attached hydrogens (primary N) is 1. The fourth-order valence-corrected chi connectivity index (χ4v) is 2.42. The van der Waals surface area contributed by atoms with Crippen LogP contribution in [0.2, 0.25) is 5.02 Å². The third kappa shape index (κ3) is 2.44. The number of hydrogen-bond acceptors (Lipinski definition) is 2. The van der Waals surface area contributed by atoms with Gasteiger partial charge in [-0.15, -0.1) is 0 Å². The van der Waals surface area contributed by atoms with Gasteiger partial charge in [-0.2, -0.15) is 0 Å². The van der Waals surface area contributed by atoms with Crippen molar-refractivity contribution >= 4 is 17.3 Å². The molecule has 1 aromatic carbocycles. The maximum atomic E-state index is 5.94. The summed E-state index contributed by atoms with van der Waals surface area (Å²) in [6.45, 7) is 1.21. The average molecular weight is 225 g/mol. The monoisotopic (exact) mass is 224 g/mol. The van der Waals surface area contributed by atoms with E-state index in [-0.39, 0.29) is 0 Å². The predicted molar refractivity (Wildman–Crippen MR) is 65.2 cm³/mol. The van der Waals surface area contributed by atoms with Crippen molar-refractivity contribution in [1.29, 1.82) is 0 Å². The van der Waals surface area contributed by atoms with E-state index in [0.717, 1.165) is 17.1 Å². The lowest BCUT2D eigenvalue weighted by atomic mass is 10.0. The first kappa shape index (κ1) is 10.8. The largest absolute Gasteiger partial charge is 0.398 e. The van der Waals surface area contributed by atoms with Gasteiger partial charge in [0.25, 0.3) is 0 Å². The SMILES string of the molecule is CN1CCCC1Cc1ccc(Cl)cc1N. The van der Waals surface area contributed by atoms with Crippen molar-refractivity contribution in [3.8, 4) is 0 Å². The molecule has 2 nitrogen and oxygen atoms in total. The molecule has 0 saturated carbocycles. The van der Waals surface area contributed by atoms with Crippen molar-refractivity contribution in [2.45, 2.75) is 25.3 Å². The lowest BCUT2D eigenvalue weighted by Gasteiger charge is -2.20. The van der Waals surface area contributed by atoms with Crippen LogP contribution in [0.1, 0.15) is 18.4 Å². The molecule has 1 aliphatic heterocycles. The van der Waals surface area contributed by atoms with Crippen molar-refractivity contribution in [3.05, 3.63) is 28.8 Å². The lowest BCUT2D eigenvalue weighted by molar-refractivity contribution is 0.309. The fraction of sp³-hybridized carbons (Fsp3) is 0.500. The molecule has 2 rings (SSSR count). The first-order valence-corrected chi connectivity index (χ1v) is 5.79. The van der Waals surface area contributed by atoms with E-state index in [0.29, 0.717) is 6.04 Å². The number of anilines is 1. The molecule has 15 heavy (non-hydrogen) atoms. The van der Waals surface area contributed by atoms with Gasteiger partial charge >= 0.3 is 0 Å². The number of hydrogen-bond donors (Lipinski definition) is 1. The summed E-state index contributed by atoms with van der Waals surface area (Å²) in [5.41, 5.74) is 7.98. The van der Waals surface area contributed by atoms with Gasteiger partial charge in [-0.25, -0.2) is 0 Å². The van der Waals surface area contributed by atoms with Crippen LogP contribution in [-0.4, -0.2) is 24.5 Å². The van der Waals surface area contributed by atoms with E-state index in [4.69, 9.17) is 17.3 Å². The maximum Gasteiger partial charge on any atom is 0.0426 e. The first-order valence-electron chi connectivity index (χ1n) is 5.41. The second-order valence-electron chi connectivity index (χ2n) is 4.32. The van der Waals surface area contributed by atoms with Crippen LogP contribution in [0.25, 0.3) is 0 Å². The van der Waals surface area contributed by atoms with Crippen molar-refractivity contribution < 1.29 is 0 Å². The summed E-state index contributed by atoms with van der Waals surface area (Å²) >= 11 is 5.87. The van der Waals surface area contributed by atoms with Crippen LogP contribution in [0.15, 0.2) is 18.2 Å². The minimum atomic E-state index is 0.647. The first-order chi connectivity index (χ1) is 7.16. The van der Waals surface area contributed by atoms with Gasteiger partial charge in [0.2, 0.25) is 0 Å². The Bertz CT molecular complexity index is 351. The van der Waals surface area contributed by atoms with Crippen LogP contribution in [0, 0.1) is 0 Å². The summed E-state index contributed by atoms with van der Waals surface area (Å²) < 4.78 is 0. The number of nitrogen functional groups attached to an aromatic ring is 1. The molecule has 82 valence electrons. The third-order valence-electron chi connectivity index (χ3n) is 3.23. The molecule has 0 amide bonds. The quantitative estimate of drug-likeness (QED) is 0.783. The Labute approximate surface area is 96.0 Å². The van der Waals surface area contributed by atoms with E-state index < -0.39 is 0 Å². The Hall–Kier alpha value is -0.730. The van der Waals surface area contributed by atoms with Crippen molar-refractivity contribution in [2.75, 3.05) is 19.3 Å². The van der Waals surface area contributed by atoms with Gasteiger partial charge in [-0.3, -0.25) is 0 Å². The van der Waals surface area contributed by atoms with Crippen LogP contribution >= 0.6 is 11.6 Å². The smallest absolute Gasteiger partial charge is 0.0426 e. The highest BCUT2D eigenvalue weighted by Crippen LogP contribution is 2.24. The molecule has 0 spiro atoms. The molecule has 0 bridgehead atoms. The molecule has 1 heterocycles. The number of rotatable bonds is 2. The van der Waals surface area contributed by atoms with Crippen LogP contribution in [0.4, 0.5) is 5.69 Å². The molecule has 0 aliphatic carbocycles. The van der Waals surface area contributed by atoms with E-state index in [1.807, 2.05) is 18.2 Å². The zero-order valence-corrected chi connectivity index (χ0v) is 9.80. The summed E-state index contributed by atoms with van der Waals surface area (Å²) in [5.74, 6) is 0. The molecule has 1 fully saturated rings. The number of halogens is 1. The predicted octanol–water partition coefficient (Wildman–Crippen LogP) is 2.56. The minimum absolute atomic E-state index is 0.647. The molecule has 0 radical (unpaired) electrons. The van der Waals surface area contributed by atoms with Crippen molar-refractivity contribution in [2.24, 2.45) is 0 Å². The second-order valence-corrected chi connectivity index (χ2v) is 4.76. The molecule has 3 heteroatoms. The standard InChI is InChI=1S/C12H17ClN2/c1-15-6-2-3-11(15)7-9-4-5-10(13)8-12(9)14/h4-5,8,11H,2-3,6-7,14H2,1H3. The van der Waals surface area contributed by atoms with Crippen molar-refractivity contribution in [3.63, 3.8) is 0 Å². The Morgan fingerprint density at radius 1 is 1.53 bits per heavy atom. The second kappa shape index (κ2) is 4.42. The summed E-state index contributed by atoms with van der Waals surface area (Å²) in [6.07, 6.45) is 3.62. The molecular formula is C12H17ClN2. The number of likely N-dealkylation sites (tertiary alicyclic amines) is 1. The van der Waals surface area contributed by atoms with Gasteiger partial charge < -0.3 is 10.6 Å². The summed E-state index contributed by atoms with van der Waals surface area (Å²) in [5, 5.41) is 0.719. The highest BCUT2D eigenvalue weighted by atomic mass is 35.5. The molecule has 1 unspecified atom stereocenters. The number of likely N-dealkylation sites (N-methyl/N-ethyl adjacent to an activating group) is 1. The van der Waals surface area contributed by atoms with Gasteiger partial charge in [0, 0.05) is 16.8 Å². The molecule has 2 N–H and O–H groups in total. The summed E-state index contributed by atoms with van der Waals surface area (Å²) in [4.78, 5) is 2.41.